The van der Waals surface area contributed by atoms with Crippen molar-refractivity contribution in [3.8, 4) is 0 Å². The van der Waals surface area contributed by atoms with Crippen LogP contribution in [0.2, 0.25) is 0 Å². The van der Waals surface area contributed by atoms with Crippen molar-refractivity contribution in [2.75, 3.05) is 6.54 Å². The largest absolute Gasteiger partial charge is 0.330 e. The number of hydrogen-bond donors (Lipinski definition) is 1. The van der Waals surface area contributed by atoms with Gasteiger partial charge >= 0.3 is 0 Å². The maximum absolute atomic E-state index is 12.7. The van der Waals surface area contributed by atoms with Crippen molar-refractivity contribution in [2.24, 2.45) is 23.5 Å². The summed E-state index contributed by atoms with van der Waals surface area (Å²) >= 11 is 0. The Balaban J connectivity index is 1.66. The molecule has 0 saturated heterocycles. The van der Waals surface area contributed by atoms with Crippen molar-refractivity contribution >= 4 is 5.78 Å². The molecule has 0 bridgehead atoms. The normalized spacial score (nSPS) is 33.9. The van der Waals surface area contributed by atoms with Crippen molar-refractivity contribution in [3.05, 3.63) is 35.9 Å². The van der Waals surface area contributed by atoms with Gasteiger partial charge in [0.2, 0.25) is 0 Å². The van der Waals surface area contributed by atoms with Gasteiger partial charge in [0.25, 0.3) is 0 Å². The summed E-state index contributed by atoms with van der Waals surface area (Å²) in [5.41, 5.74) is 7.18. The van der Waals surface area contributed by atoms with Gasteiger partial charge < -0.3 is 5.73 Å². The Kier molecular flexibility index (Phi) is 3.69. The number of carbonyl (C=O) groups is 1. The maximum Gasteiger partial charge on any atom is 0.139 e. The Morgan fingerprint density at radius 3 is 2.58 bits per heavy atom. The highest BCUT2D eigenvalue weighted by Crippen LogP contribution is 2.50. The topological polar surface area (TPSA) is 43.1 Å². The summed E-state index contributed by atoms with van der Waals surface area (Å²) in [4.78, 5) is 12.7. The summed E-state index contributed by atoms with van der Waals surface area (Å²) in [6.07, 6.45) is 5.72. The van der Waals surface area contributed by atoms with E-state index in [0.717, 1.165) is 19.3 Å². The first-order chi connectivity index (χ1) is 9.31. The highest BCUT2D eigenvalue weighted by Gasteiger charge is 2.47. The number of benzene rings is 1. The molecule has 2 heteroatoms. The van der Waals surface area contributed by atoms with Gasteiger partial charge in [-0.1, -0.05) is 43.2 Å². The van der Waals surface area contributed by atoms with Crippen LogP contribution in [0.3, 0.4) is 0 Å². The highest BCUT2D eigenvalue weighted by atomic mass is 16.1. The fourth-order valence-corrected chi connectivity index (χ4v) is 3.72. The molecule has 3 rings (SSSR count). The van der Waals surface area contributed by atoms with E-state index >= 15 is 0 Å². The predicted molar refractivity (Wildman–Crippen MR) is 76.8 cm³/mol. The number of rotatable bonds is 4. The average Bonchev–Trinajstić information content (AvgIpc) is 3.28. The van der Waals surface area contributed by atoms with E-state index in [1.165, 1.54) is 18.4 Å². The van der Waals surface area contributed by atoms with Crippen LogP contribution in [0.15, 0.2) is 30.3 Å². The van der Waals surface area contributed by atoms with Crippen molar-refractivity contribution in [1.29, 1.82) is 0 Å². The molecule has 0 heterocycles. The smallest absolute Gasteiger partial charge is 0.139 e. The molecule has 2 fully saturated rings. The molecule has 1 aromatic rings. The van der Waals surface area contributed by atoms with Crippen LogP contribution in [0.25, 0.3) is 0 Å². The molecule has 0 radical (unpaired) electrons. The second kappa shape index (κ2) is 5.46. The molecule has 0 aliphatic heterocycles. The first kappa shape index (κ1) is 12.9. The molecular formula is C17H23NO. The zero-order chi connectivity index (χ0) is 13.2. The summed E-state index contributed by atoms with van der Waals surface area (Å²) in [7, 11) is 0. The van der Waals surface area contributed by atoms with E-state index in [-0.39, 0.29) is 11.8 Å². The average molecular weight is 257 g/mol. The fraction of sp³-hybridized carbons (Fsp3) is 0.588. The minimum Gasteiger partial charge on any atom is -0.330 e. The molecule has 0 amide bonds. The summed E-state index contributed by atoms with van der Waals surface area (Å²) in [6.45, 7) is 0.680. The van der Waals surface area contributed by atoms with Gasteiger partial charge in [-0.25, -0.2) is 0 Å². The molecule has 2 saturated carbocycles. The van der Waals surface area contributed by atoms with Gasteiger partial charge in [-0.2, -0.15) is 0 Å². The molecule has 1 aromatic carbocycles. The summed E-state index contributed by atoms with van der Waals surface area (Å²) < 4.78 is 0. The molecule has 2 nitrogen and oxygen atoms in total. The van der Waals surface area contributed by atoms with Crippen LogP contribution in [0.4, 0.5) is 0 Å². The first-order valence-electron chi connectivity index (χ1n) is 7.60. The highest BCUT2D eigenvalue weighted by molar-refractivity contribution is 5.87. The van der Waals surface area contributed by atoms with Gasteiger partial charge in [-0.15, -0.1) is 0 Å². The molecule has 19 heavy (non-hydrogen) atoms. The quantitative estimate of drug-likeness (QED) is 0.900. The molecule has 102 valence electrons. The van der Waals surface area contributed by atoms with Crippen molar-refractivity contribution in [1.82, 2.24) is 0 Å². The summed E-state index contributed by atoms with van der Waals surface area (Å²) in [5, 5.41) is 0. The Morgan fingerprint density at radius 2 is 1.84 bits per heavy atom. The van der Waals surface area contributed by atoms with Crippen LogP contribution in [0.5, 0.6) is 0 Å². The Labute approximate surface area is 115 Å². The van der Waals surface area contributed by atoms with E-state index in [0.29, 0.717) is 24.2 Å². The van der Waals surface area contributed by atoms with Crippen LogP contribution in [-0.2, 0) is 4.79 Å². The Bertz CT molecular complexity index is 442. The second-order valence-electron chi connectivity index (χ2n) is 6.15. The zero-order valence-corrected chi connectivity index (χ0v) is 11.4. The van der Waals surface area contributed by atoms with Crippen molar-refractivity contribution in [2.45, 2.75) is 38.0 Å². The van der Waals surface area contributed by atoms with Crippen LogP contribution in [0, 0.1) is 17.8 Å². The lowest BCUT2D eigenvalue weighted by molar-refractivity contribution is -0.126. The van der Waals surface area contributed by atoms with Gasteiger partial charge in [0, 0.05) is 11.8 Å². The number of nitrogens with two attached hydrogens (primary N) is 1. The molecule has 2 aliphatic carbocycles. The Morgan fingerprint density at radius 1 is 1.11 bits per heavy atom. The van der Waals surface area contributed by atoms with E-state index in [1.54, 1.807) is 0 Å². The van der Waals surface area contributed by atoms with Gasteiger partial charge in [-0.3, -0.25) is 4.79 Å². The fourth-order valence-electron chi connectivity index (χ4n) is 3.72. The minimum absolute atomic E-state index is 0.248. The monoisotopic (exact) mass is 257 g/mol. The number of ketones is 1. The predicted octanol–water partition coefficient (Wildman–Crippen LogP) is 3.12. The third kappa shape index (κ3) is 2.59. The molecule has 0 spiro atoms. The Hall–Kier alpha value is -1.15. The lowest BCUT2D eigenvalue weighted by Crippen LogP contribution is -2.33. The van der Waals surface area contributed by atoms with E-state index < -0.39 is 0 Å². The van der Waals surface area contributed by atoms with Crippen molar-refractivity contribution < 1.29 is 4.79 Å². The molecular weight excluding hydrogens is 234 g/mol. The summed E-state index contributed by atoms with van der Waals surface area (Å²) in [6, 6.07) is 10.5. The van der Waals surface area contributed by atoms with Gasteiger partial charge in [-0.05, 0) is 43.2 Å². The molecule has 2 aliphatic rings. The molecule has 2 N–H and O–H groups in total. The van der Waals surface area contributed by atoms with E-state index in [1.807, 2.05) is 6.07 Å². The zero-order valence-electron chi connectivity index (χ0n) is 11.4. The lowest BCUT2D eigenvalue weighted by Gasteiger charge is -2.29. The number of Topliss-reactive ketones (excluding diaryl/α,β-unsaturated/α-hetero) is 1. The number of hydrogen-bond acceptors (Lipinski definition) is 2. The van der Waals surface area contributed by atoms with E-state index in [4.69, 9.17) is 5.73 Å². The van der Waals surface area contributed by atoms with Crippen LogP contribution >= 0.6 is 0 Å². The van der Waals surface area contributed by atoms with Crippen molar-refractivity contribution in [3.63, 3.8) is 0 Å². The first-order valence-corrected chi connectivity index (χ1v) is 7.60. The third-order valence-electron chi connectivity index (χ3n) is 4.96. The van der Waals surface area contributed by atoms with Gasteiger partial charge in [0.05, 0.1) is 0 Å². The molecule has 0 aromatic heterocycles. The van der Waals surface area contributed by atoms with E-state index in [9.17, 15) is 4.79 Å². The lowest BCUT2D eigenvalue weighted by atomic mass is 9.75. The third-order valence-corrected chi connectivity index (χ3v) is 4.96. The minimum atomic E-state index is 0.248. The van der Waals surface area contributed by atoms with Gasteiger partial charge in [0.15, 0.2) is 0 Å². The van der Waals surface area contributed by atoms with Crippen LogP contribution in [0.1, 0.15) is 43.6 Å². The molecule has 4 unspecified atom stereocenters. The van der Waals surface area contributed by atoms with Crippen LogP contribution in [-0.4, -0.2) is 12.3 Å². The standard InChI is InChI=1S/C17H23NO/c18-11-13-8-4-5-9-14(13)17(19)16-10-15(16)12-6-2-1-3-7-12/h1-3,6-7,13-16H,4-5,8-11,18H2. The van der Waals surface area contributed by atoms with Crippen LogP contribution < -0.4 is 5.73 Å². The van der Waals surface area contributed by atoms with E-state index in [2.05, 4.69) is 24.3 Å². The van der Waals surface area contributed by atoms with Gasteiger partial charge in [0.1, 0.15) is 5.78 Å². The molecule has 4 atom stereocenters. The summed E-state index contributed by atoms with van der Waals surface area (Å²) in [5.74, 6) is 1.95. The SMILES string of the molecule is NCC1CCCCC1C(=O)C1CC1c1ccccc1. The maximum atomic E-state index is 12.7. The number of carbonyl (C=O) groups excluding carboxylic acids is 1. The second-order valence-corrected chi connectivity index (χ2v) is 6.15.